The summed E-state index contributed by atoms with van der Waals surface area (Å²) in [6.45, 7) is 10.8. The second kappa shape index (κ2) is 7.69. The highest BCUT2D eigenvalue weighted by Crippen LogP contribution is 2.50. The van der Waals surface area contributed by atoms with Gasteiger partial charge in [-0.25, -0.2) is 8.78 Å². The van der Waals surface area contributed by atoms with Crippen LogP contribution in [0, 0.1) is 17.0 Å². The summed E-state index contributed by atoms with van der Waals surface area (Å²) in [6, 6.07) is 3.50. The SMILES string of the molecule is CCOC1CC(N)(C(=O)N2CCN(C(C)c3ccc(F)cc3F)CC2)C1(C)C. The van der Waals surface area contributed by atoms with E-state index in [0.717, 1.165) is 6.07 Å². The van der Waals surface area contributed by atoms with Crippen LogP contribution in [-0.2, 0) is 9.53 Å². The van der Waals surface area contributed by atoms with Gasteiger partial charge in [0, 0.05) is 62.3 Å². The standard InChI is InChI=1S/C21H31F2N3O2/c1-5-28-18-13-21(24,20(18,3)4)19(27)26-10-8-25(9-11-26)14(2)16-7-6-15(22)12-17(16)23/h6-7,12,14,18H,5,8-11,13,24H2,1-4H3. The number of halogens is 2. The maximum absolute atomic E-state index is 14.1. The van der Waals surface area contributed by atoms with Gasteiger partial charge < -0.3 is 15.4 Å². The number of piperazine rings is 1. The molecule has 2 aliphatic rings. The number of hydrogen-bond donors (Lipinski definition) is 1. The monoisotopic (exact) mass is 395 g/mol. The number of hydrogen-bond acceptors (Lipinski definition) is 4. The molecule has 3 rings (SSSR count). The molecule has 1 saturated carbocycles. The maximum Gasteiger partial charge on any atom is 0.243 e. The average molecular weight is 395 g/mol. The third-order valence-electron chi connectivity index (χ3n) is 6.77. The predicted molar refractivity (Wildman–Crippen MR) is 104 cm³/mol. The number of ether oxygens (including phenoxy) is 1. The summed E-state index contributed by atoms with van der Waals surface area (Å²) < 4.78 is 33.0. The van der Waals surface area contributed by atoms with Crippen LogP contribution in [0.25, 0.3) is 0 Å². The van der Waals surface area contributed by atoms with Crippen LogP contribution in [-0.4, -0.2) is 60.1 Å². The summed E-state index contributed by atoms with van der Waals surface area (Å²) in [5.74, 6) is -1.15. The fraction of sp³-hybridized carbons (Fsp3) is 0.667. The second-order valence-corrected chi connectivity index (χ2v) is 8.51. The number of rotatable bonds is 5. The van der Waals surface area contributed by atoms with Crippen molar-refractivity contribution < 1.29 is 18.3 Å². The average Bonchev–Trinajstić information content (AvgIpc) is 2.66. The highest BCUT2D eigenvalue weighted by Gasteiger charge is 2.63. The Morgan fingerprint density at radius 1 is 1.29 bits per heavy atom. The van der Waals surface area contributed by atoms with Crippen molar-refractivity contribution >= 4 is 5.91 Å². The molecule has 0 bridgehead atoms. The molecule has 3 unspecified atom stereocenters. The molecule has 0 aromatic heterocycles. The van der Waals surface area contributed by atoms with Crippen LogP contribution < -0.4 is 5.73 Å². The van der Waals surface area contributed by atoms with Gasteiger partial charge in [-0.05, 0) is 19.9 Å². The zero-order chi connectivity index (χ0) is 20.7. The Morgan fingerprint density at radius 3 is 2.46 bits per heavy atom. The van der Waals surface area contributed by atoms with Crippen LogP contribution >= 0.6 is 0 Å². The molecule has 2 fully saturated rings. The highest BCUT2D eigenvalue weighted by atomic mass is 19.1. The predicted octanol–water partition coefficient (Wildman–Crippen LogP) is 2.70. The van der Waals surface area contributed by atoms with E-state index in [1.54, 1.807) is 0 Å². The van der Waals surface area contributed by atoms with Crippen LogP contribution in [0.15, 0.2) is 18.2 Å². The Labute approximate surface area is 165 Å². The van der Waals surface area contributed by atoms with E-state index < -0.39 is 22.6 Å². The third-order valence-corrected chi connectivity index (χ3v) is 6.77. The molecule has 3 atom stereocenters. The molecule has 28 heavy (non-hydrogen) atoms. The molecule has 1 amide bonds. The van der Waals surface area contributed by atoms with Crippen molar-refractivity contribution in [2.45, 2.75) is 51.8 Å². The lowest BCUT2D eigenvalue weighted by molar-refractivity contribution is -0.180. The first-order chi connectivity index (χ1) is 13.1. The molecule has 1 aliphatic heterocycles. The molecule has 1 aromatic rings. The molecule has 1 saturated heterocycles. The Hall–Kier alpha value is -1.57. The van der Waals surface area contributed by atoms with E-state index in [9.17, 15) is 13.6 Å². The molecule has 7 heteroatoms. The van der Waals surface area contributed by atoms with Gasteiger partial charge in [-0.15, -0.1) is 0 Å². The highest BCUT2D eigenvalue weighted by molar-refractivity contribution is 5.89. The van der Waals surface area contributed by atoms with Crippen molar-refractivity contribution in [3.8, 4) is 0 Å². The number of nitrogens with zero attached hydrogens (tertiary/aromatic N) is 2. The van der Waals surface area contributed by atoms with E-state index in [1.807, 2.05) is 32.6 Å². The number of carbonyl (C=O) groups excluding carboxylic acids is 1. The van der Waals surface area contributed by atoms with Crippen molar-refractivity contribution in [2.75, 3.05) is 32.8 Å². The maximum atomic E-state index is 14.1. The minimum absolute atomic E-state index is 0.00536. The molecule has 5 nitrogen and oxygen atoms in total. The van der Waals surface area contributed by atoms with Gasteiger partial charge in [0.2, 0.25) is 5.91 Å². The summed E-state index contributed by atoms with van der Waals surface area (Å²) in [5, 5.41) is 0. The van der Waals surface area contributed by atoms with Gasteiger partial charge >= 0.3 is 0 Å². The van der Waals surface area contributed by atoms with Crippen LogP contribution in [0.5, 0.6) is 0 Å². The lowest BCUT2D eigenvalue weighted by atomic mass is 9.54. The molecule has 156 valence electrons. The molecule has 0 spiro atoms. The normalized spacial score (nSPS) is 28.7. The quantitative estimate of drug-likeness (QED) is 0.833. The fourth-order valence-electron chi connectivity index (χ4n) is 4.43. The first-order valence-electron chi connectivity index (χ1n) is 10.0. The number of amides is 1. The van der Waals surface area contributed by atoms with E-state index >= 15 is 0 Å². The van der Waals surface area contributed by atoms with Crippen molar-refractivity contribution in [1.29, 1.82) is 0 Å². The number of nitrogens with two attached hydrogens (primary N) is 1. The minimum atomic E-state index is -0.913. The second-order valence-electron chi connectivity index (χ2n) is 8.51. The largest absolute Gasteiger partial charge is 0.378 e. The van der Waals surface area contributed by atoms with Crippen molar-refractivity contribution in [3.63, 3.8) is 0 Å². The van der Waals surface area contributed by atoms with Crippen molar-refractivity contribution in [2.24, 2.45) is 11.1 Å². The lowest BCUT2D eigenvalue weighted by Gasteiger charge is -2.59. The Kier molecular flexibility index (Phi) is 5.81. The van der Waals surface area contributed by atoms with E-state index in [0.29, 0.717) is 44.8 Å². The Bertz CT molecular complexity index is 734. The van der Waals surface area contributed by atoms with E-state index in [2.05, 4.69) is 4.90 Å². The van der Waals surface area contributed by atoms with Crippen LogP contribution in [0.4, 0.5) is 8.78 Å². The lowest BCUT2D eigenvalue weighted by Crippen LogP contribution is -2.76. The minimum Gasteiger partial charge on any atom is -0.378 e. The van der Waals surface area contributed by atoms with Gasteiger partial charge in [0.05, 0.1) is 6.10 Å². The van der Waals surface area contributed by atoms with Gasteiger partial charge in [-0.2, -0.15) is 0 Å². The summed E-state index contributed by atoms with van der Waals surface area (Å²) in [7, 11) is 0. The van der Waals surface area contributed by atoms with Crippen molar-refractivity contribution in [3.05, 3.63) is 35.4 Å². The van der Waals surface area contributed by atoms with Crippen LogP contribution in [0.3, 0.4) is 0 Å². The number of benzene rings is 1. The van der Waals surface area contributed by atoms with Gasteiger partial charge in [-0.3, -0.25) is 9.69 Å². The summed E-state index contributed by atoms with van der Waals surface area (Å²) in [4.78, 5) is 17.1. The molecule has 1 aliphatic carbocycles. The van der Waals surface area contributed by atoms with Gasteiger partial charge in [0.1, 0.15) is 17.2 Å². The first kappa shape index (κ1) is 21.1. The summed E-state index contributed by atoms with van der Waals surface area (Å²) in [5.41, 5.74) is 5.67. The first-order valence-corrected chi connectivity index (χ1v) is 10.0. The Morgan fingerprint density at radius 2 is 1.93 bits per heavy atom. The zero-order valence-corrected chi connectivity index (χ0v) is 17.2. The van der Waals surface area contributed by atoms with Crippen molar-refractivity contribution in [1.82, 2.24) is 9.80 Å². The summed E-state index contributed by atoms with van der Waals surface area (Å²) >= 11 is 0. The number of carbonyl (C=O) groups is 1. The molecule has 2 N–H and O–H groups in total. The van der Waals surface area contributed by atoms with E-state index in [-0.39, 0.29) is 18.1 Å². The molecular formula is C21H31F2N3O2. The summed E-state index contributed by atoms with van der Waals surface area (Å²) in [6.07, 6.45) is 0.526. The Balaban J connectivity index is 1.61. The molecule has 1 heterocycles. The van der Waals surface area contributed by atoms with E-state index in [4.69, 9.17) is 10.5 Å². The van der Waals surface area contributed by atoms with Gasteiger partial charge in [-0.1, -0.05) is 19.9 Å². The van der Waals surface area contributed by atoms with Crippen LogP contribution in [0.2, 0.25) is 0 Å². The topological polar surface area (TPSA) is 58.8 Å². The molecule has 1 aromatic carbocycles. The molecule has 0 radical (unpaired) electrons. The van der Waals surface area contributed by atoms with Crippen LogP contribution in [0.1, 0.15) is 45.7 Å². The smallest absolute Gasteiger partial charge is 0.243 e. The fourth-order valence-corrected chi connectivity index (χ4v) is 4.43. The zero-order valence-electron chi connectivity index (χ0n) is 17.2. The van der Waals surface area contributed by atoms with Gasteiger partial charge in [0.25, 0.3) is 0 Å². The van der Waals surface area contributed by atoms with E-state index in [1.165, 1.54) is 12.1 Å². The van der Waals surface area contributed by atoms with Gasteiger partial charge in [0.15, 0.2) is 0 Å². The molecular weight excluding hydrogens is 364 g/mol. The third kappa shape index (κ3) is 3.44.